The average Bonchev–Trinajstić information content (AvgIpc) is 2.76. The molecule has 0 saturated heterocycles. The summed E-state index contributed by atoms with van der Waals surface area (Å²) in [5.41, 5.74) is 8.98. The van der Waals surface area contributed by atoms with Crippen LogP contribution in [0.1, 0.15) is 39.4 Å². The Morgan fingerprint density at radius 2 is 1.53 bits per heavy atom. The third kappa shape index (κ3) is 5.70. The molecule has 2 amide bonds. The number of hydrogen-bond acceptors (Lipinski definition) is 3. The van der Waals surface area contributed by atoms with E-state index in [0.717, 1.165) is 12.0 Å². The standard InChI is InChI=1S/C25H26N2O3/c1-18-12-13-22(25(26)29)23(16-18)30-17-24(28)27-15-14-21(19-8-4-2-5-9-19)20-10-6-3-7-11-20/h2-13,16,21H,14-15,17H2,1H3,(H2,26,29)(H,27,28). The Morgan fingerprint density at radius 3 is 2.10 bits per heavy atom. The minimum absolute atomic E-state index is 0.176. The van der Waals surface area contributed by atoms with Gasteiger partial charge in [-0.3, -0.25) is 9.59 Å². The highest BCUT2D eigenvalue weighted by atomic mass is 16.5. The van der Waals surface area contributed by atoms with Crippen molar-refractivity contribution in [2.45, 2.75) is 19.3 Å². The molecule has 5 nitrogen and oxygen atoms in total. The van der Waals surface area contributed by atoms with E-state index in [1.165, 1.54) is 11.1 Å². The number of primary amides is 1. The van der Waals surface area contributed by atoms with E-state index < -0.39 is 5.91 Å². The third-order valence-corrected chi connectivity index (χ3v) is 4.92. The van der Waals surface area contributed by atoms with Crippen molar-refractivity contribution in [1.82, 2.24) is 5.32 Å². The van der Waals surface area contributed by atoms with Crippen molar-refractivity contribution >= 4 is 11.8 Å². The predicted molar refractivity (Wildman–Crippen MR) is 118 cm³/mol. The zero-order valence-corrected chi connectivity index (χ0v) is 17.0. The number of rotatable bonds is 9. The topological polar surface area (TPSA) is 81.4 Å². The first-order chi connectivity index (χ1) is 14.5. The Labute approximate surface area is 176 Å². The summed E-state index contributed by atoms with van der Waals surface area (Å²) in [6.07, 6.45) is 0.761. The van der Waals surface area contributed by atoms with Crippen molar-refractivity contribution in [3.8, 4) is 5.75 Å². The van der Waals surface area contributed by atoms with E-state index in [4.69, 9.17) is 10.5 Å². The van der Waals surface area contributed by atoms with Crippen molar-refractivity contribution < 1.29 is 14.3 Å². The number of nitrogens with two attached hydrogens (primary N) is 1. The van der Waals surface area contributed by atoms with E-state index in [-0.39, 0.29) is 24.0 Å². The van der Waals surface area contributed by atoms with Crippen LogP contribution < -0.4 is 15.8 Å². The second-order valence-electron chi connectivity index (χ2n) is 7.17. The zero-order valence-electron chi connectivity index (χ0n) is 17.0. The molecule has 0 aromatic heterocycles. The van der Waals surface area contributed by atoms with Gasteiger partial charge in [0.05, 0.1) is 5.56 Å². The van der Waals surface area contributed by atoms with E-state index in [0.29, 0.717) is 12.3 Å². The Hall–Kier alpha value is -3.60. The van der Waals surface area contributed by atoms with Crippen LogP contribution in [0.25, 0.3) is 0 Å². The molecule has 0 saturated carbocycles. The summed E-state index contributed by atoms with van der Waals surface area (Å²) in [5, 5.41) is 2.91. The molecular weight excluding hydrogens is 376 g/mol. The summed E-state index contributed by atoms with van der Waals surface area (Å²) in [7, 11) is 0. The molecule has 154 valence electrons. The van der Waals surface area contributed by atoms with Crippen molar-refractivity contribution in [2.24, 2.45) is 5.73 Å². The van der Waals surface area contributed by atoms with Crippen LogP contribution >= 0.6 is 0 Å². The summed E-state index contributed by atoms with van der Waals surface area (Å²) >= 11 is 0. The van der Waals surface area contributed by atoms with E-state index in [9.17, 15) is 9.59 Å². The fraction of sp³-hybridized carbons (Fsp3) is 0.200. The lowest BCUT2D eigenvalue weighted by Crippen LogP contribution is -2.31. The van der Waals surface area contributed by atoms with E-state index in [1.54, 1.807) is 18.2 Å². The first kappa shape index (κ1) is 21.1. The molecule has 0 fully saturated rings. The number of ether oxygens (including phenoxy) is 1. The number of carbonyl (C=O) groups is 2. The Kier molecular flexibility index (Phi) is 7.22. The smallest absolute Gasteiger partial charge is 0.257 e. The second-order valence-corrected chi connectivity index (χ2v) is 7.17. The number of carbonyl (C=O) groups excluding carboxylic acids is 2. The number of nitrogens with one attached hydrogen (secondary N) is 1. The van der Waals surface area contributed by atoms with Gasteiger partial charge in [0.15, 0.2) is 6.61 Å². The largest absolute Gasteiger partial charge is 0.483 e. The lowest BCUT2D eigenvalue weighted by molar-refractivity contribution is -0.123. The molecule has 0 aliphatic heterocycles. The van der Waals surface area contributed by atoms with Gasteiger partial charge < -0.3 is 15.8 Å². The van der Waals surface area contributed by atoms with Crippen LogP contribution in [-0.4, -0.2) is 25.0 Å². The van der Waals surface area contributed by atoms with Crippen LogP contribution in [0.15, 0.2) is 78.9 Å². The number of amides is 2. The van der Waals surface area contributed by atoms with Gasteiger partial charge in [0, 0.05) is 12.5 Å². The van der Waals surface area contributed by atoms with Gasteiger partial charge in [-0.15, -0.1) is 0 Å². The van der Waals surface area contributed by atoms with Gasteiger partial charge in [-0.25, -0.2) is 0 Å². The number of aryl methyl sites for hydroxylation is 1. The third-order valence-electron chi connectivity index (χ3n) is 4.92. The monoisotopic (exact) mass is 402 g/mol. The maximum Gasteiger partial charge on any atom is 0.257 e. The maximum absolute atomic E-state index is 12.3. The first-order valence-electron chi connectivity index (χ1n) is 9.94. The summed E-state index contributed by atoms with van der Waals surface area (Å²) in [4.78, 5) is 23.8. The Balaban J connectivity index is 1.58. The van der Waals surface area contributed by atoms with E-state index in [1.807, 2.05) is 43.3 Å². The van der Waals surface area contributed by atoms with Crippen LogP contribution in [0.4, 0.5) is 0 Å². The fourth-order valence-corrected chi connectivity index (χ4v) is 3.40. The van der Waals surface area contributed by atoms with Crippen LogP contribution in [0.2, 0.25) is 0 Å². The molecule has 0 radical (unpaired) electrons. The normalized spacial score (nSPS) is 10.6. The van der Waals surface area contributed by atoms with Crippen molar-refractivity contribution in [1.29, 1.82) is 0 Å². The van der Waals surface area contributed by atoms with Crippen molar-refractivity contribution in [3.05, 3.63) is 101 Å². The number of benzene rings is 3. The van der Waals surface area contributed by atoms with Crippen molar-refractivity contribution in [3.63, 3.8) is 0 Å². The Morgan fingerprint density at radius 1 is 0.933 bits per heavy atom. The number of hydrogen-bond donors (Lipinski definition) is 2. The minimum Gasteiger partial charge on any atom is -0.483 e. The summed E-state index contributed by atoms with van der Waals surface area (Å²) in [6, 6.07) is 25.6. The average molecular weight is 402 g/mol. The van der Waals surface area contributed by atoms with Gasteiger partial charge in [-0.2, -0.15) is 0 Å². The van der Waals surface area contributed by atoms with Gasteiger partial charge in [0.1, 0.15) is 5.75 Å². The molecule has 0 aliphatic rings. The molecule has 5 heteroatoms. The van der Waals surface area contributed by atoms with Crippen LogP contribution in [0, 0.1) is 6.92 Å². The minimum atomic E-state index is -0.584. The molecule has 0 bridgehead atoms. The molecule has 0 unspecified atom stereocenters. The summed E-state index contributed by atoms with van der Waals surface area (Å²) in [6.45, 7) is 2.21. The lowest BCUT2D eigenvalue weighted by atomic mass is 9.88. The van der Waals surface area contributed by atoms with Gasteiger partial charge in [-0.1, -0.05) is 66.7 Å². The molecule has 3 aromatic carbocycles. The summed E-state index contributed by atoms with van der Waals surface area (Å²) < 4.78 is 5.56. The molecule has 30 heavy (non-hydrogen) atoms. The second kappa shape index (κ2) is 10.3. The van der Waals surface area contributed by atoms with Crippen LogP contribution in [-0.2, 0) is 4.79 Å². The highest BCUT2D eigenvalue weighted by Gasteiger charge is 2.15. The molecule has 0 heterocycles. The van der Waals surface area contributed by atoms with Gasteiger partial charge in [0.25, 0.3) is 11.8 Å². The SMILES string of the molecule is Cc1ccc(C(N)=O)c(OCC(=O)NCCC(c2ccccc2)c2ccccc2)c1. The van der Waals surface area contributed by atoms with E-state index >= 15 is 0 Å². The zero-order chi connectivity index (χ0) is 21.3. The first-order valence-corrected chi connectivity index (χ1v) is 9.94. The van der Waals surface area contributed by atoms with Gasteiger partial charge >= 0.3 is 0 Å². The fourth-order valence-electron chi connectivity index (χ4n) is 3.40. The molecular formula is C25H26N2O3. The van der Waals surface area contributed by atoms with Crippen LogP contribution in [0.5, 0.6) is 5.75 Å². The molecule has 3 N–H and O–H groups in total. The molecule has 0 aliphatic carbocycles. The summed E-state index contributed by atoms with van der Waals surface area (Å²) in [5.74, 6) is -0.318. The Bertz CT molecular complexity index is 948. The van der Waals surface area contributed by atoms with Gasteiger partial charge in [-0.05, 0) is 42.2 Å². The van der Waals surface area contributed by atoms with Gasteiger partial charge in [0.2, 0.25) is 0 Å². The van der Waals surface area contributed by atoms with E-state index in [2.05, 4.69) is 29.6 Å². The van der Waals surface area contributed by atoms with Crippen LogP contribution in [0.3, 0.4) is 0 Å². The maximum atomic E-state index is 12.3. The highest BCUT2D eigenvalue weighted by Crippen LogP contribution is 2.27. The molecule has 3 aromatic rings. The lowest BCUT2D eigenvalue weighted by Gasteiger charge is -2.18. The molecule has 0 spiro atoms. The highest BCUT2D eigenvalue weighted by molar-refractivity contribution is 5.95. The molecule has 3 rings (SSSR count). The molecule has 0 atom stereocenters. The predicted octanol–water partition coefficient (Wildman–Crippen LogP) is 3.81. The quantitative estimate of drug-likeness (QED) is 0.571. The van der Waals surface area contributed by atoms with Crippen molar-refractivity contribution in [2.75, 3.05) is 13.2 Å².